The molecule has 2 aromatic rings. The molecule has 1 aromatic heterocycles. The van der Waals surface area contributed by atoms with Crippen LogP contribution in [-0.4, -0.2) is 32.8 Å². The lowest BCUT2D eigenvalue weighted by Gasteiger charge is -2.13. The van der Waals surface area contributed by atoms with E-state index in [4.69, 9.17) is 4.74 Å². The van der Waals surface area contributed by atoms with Crippen molar-refractivity contribution in [3.05, 3.63) is 59.4 Å². The average Bonchev–Trinajstić information content (AvgIpc) is 2.98. The van der Waals surface area contributed by atoms with Crippen molar-refractivity contribution in [2.24, 2.45) is 0 Å². The van der Waals surface area contributed by atoms with Gasteiger partial charge in [0, 0.05) is 6.20 Å². The van der Waals surface area contributed by atoms with Crippen LogP contribution in [-0.2, 0) is 22.4 Å². The number of aliphatic hydroxyl groups is 1. The van der Waals surface area contributed by atoms with E-state index in [-0.39, 0.29) is 29.2 Å². The number of thioether (sulfide) groups is 1. The van der Waals surface area contributed by atoms with Gasteiger partial charge in [-0.25, -0.2) is 0 Å². The zero-order chi connectivity index (χ0) is 18.5. The number of pyridine rings is 1. The monoisotopic (exact) mass is 371 g/mol. The van der Waals surface area contributed by atoms with Gasteiger partial charge in [0.1, 0.15) is 18.5 Å². The van der Waals surface area contributed by atoms with Crippen molar-refractivity contribution >= 4 is 22.7 Å². The number of benzene rings is 1. The highest BCUT2D eigenvalue weighted by Crippen LogP contribution is 2.28. The maximum Gasteiger partial charge on any atom is 0.197 e. The van der Waals surface area contributed by atoms with E-state index in [1.54, 1.807) is 6.20 Å². The summed E-state index contributed by atoms with van der Waals surface area (Å²) in [5.74, 6) is 0.643. The number of rotatable bonds is 7. The number of carbonyl (C=O) groups excluding carboxylic acids is 2. The van der Waals surface area contributed by atoms with Crippen LogP contribution >= 0.6 is 11.8 Å². The summed E-state index contributed by atoms with van der Waals surface area (Å²) in [6, 6.07) is 11.1. The predicted octanol–water partition coefficient (Wildman–Crippen LogP) is 2.90. The number of hydrogen-bond donors (Lipinski definition) is 1. The maximum atomic E-state index is 11.7. The Balaban J connectivity index is 1.52. The summed E-state index contributed by atoms with van der Waals surface area (Å²) < 4.78 is 5.63. The molecule has 0 spiro atoms. The van der Waals surface area contributed by atoms with E-state index < -0.39 is 6.10 Å². The molecule has 1 aliphatic heterocycles. The number of aryl methyl sites for hydroxylation is 1. The predicted molar refractivity (Wildman–Crippen MR) is 100 cm³/mol. The van der Waals surface area contributed by atoms with E-state index in [1.807, 2.05) is 36.4 Å². The molecule has 0 amide bonds. The van der Waals surface area contributed by atoms with Gasteiger partial charge >= 0.3 is 0 Å². The molecule has 2 atom stereocenters. The van der Waals surface area contributed by atoms with Crippen LogP contribution in [0.25, 0.3) is 0 Å². The number of nitrogens with zero attached hydrogens (tertiary/aromatic N) is 1. The zero-order valence-electron chi connectivity index (χ0n) is 14.6. The first-order valence-electron chi connectivity index (χ1n) is 8.62. The van der Waals surface area contributed by atoms with E-state index >= 15 is 0 Å². The highest BCUT2D eigenvalue weighted by molar-refractivity contribution is 8.15. The maximum absolute atomic E-state index is 11.7. The Morgan fingerprint density at radius 1 is 1.19 bits per heavy atom. The van der Waals surface area contributed by atoms with Gasteiger partial charge in [-0.2, -0.15) is 0 Å². The second kappa shape index (κ2) is 8.47. The third kappa shape index (κ3) is 4.71. The summed E-state index contributed by atoms with van der Waals surface area (Å²) in [6.07, 6.45) is 2.47. The standard InChI is InChI=1S/C20H21NO4S/c1-2-13-5-8-16(21-11-13)18(23)12-25-15-6-3-14(4-7-15)9-19-17(22)10-20(24)26-19/h3-8,11,18-19,23H,2,9-10,12H2,1H3. The van der Waals surface area contributed by atoms with Crippen LogP contribution in [0.2, 0.25) is 0 Å². The van der Waals surface area contributed by atoms with E-state index in [1.165, 1.54) is 0 Å². The normalized spacial score (nSPS) is 18.2. The van der Waals surface area contributed by atoms with Crippen molar-refractivity contribution in [2.45, 2.75) is 37.5 Å². The topological polar surface area (TPSA) is 76.5 Å². The number of aliphatic hydroxyl groups excluding tert-OH is 1. The summed E-state index contributed by atoms with van der Waals surface area (Å²) in [5, 5.41) is 9.87. The summed E-state index contributed by atoms with van der Waals surface area (Å²) in [5.41, 5.74) is 2.69. The molecule has 5 nitrogen and oxygen atoms in total. The average molecular weight is 371 g/mol. The van der Waals surface area contributed by atoms with Crippen LogP contribution in [0.3, 0.4) is 0 Å². The molecule has 26 heavy (non-hydrogen) atoms. The number of aromatic nitrogens is 1. The van der Waals surface area contributed by atoms with Crippen LogP contribution in [0.15, 0.2) is 42.6 Å². The minimum absolute atomic E-state index is 0.00467. The Hall–Kier alpha value is -2.18. The van der Waals surface area contributed by atoms with Gasteiger partial charge in [0.15, 0.2) is 10.9 Å². The van der Waals surface area contributed by atoms with Crippen molar-refractivity contribution in [2.75, 3.05) is 6.61 Å². The second-order valence-electron chi connectivity index (χ2n) is 6.24. The van der Waals surface area contributed by atoms with Crippen molar-refractivity contribution in [1.82, 2.24) is 4.98 Å². The molecule has 0 saturated carbocycles. The summed E-state index contributed by atoms with van der Waals surface area (Å²) in [7, 11) is 0. The lowest BCUT2D eigenvalue weighted by molar-refractivity contribution is -0.121. The smallest absolute Gasteiger partial charge is 0.197 e. The zero-order valence-corrected chi connectivity index (χ0v) is 15.4. The fourth-order valence-corrected chi connectivity index (χ4v) is 3.75. The molecule has 0 radical (unpaired) electrons. The minimum Gasteiger partial charge on any atom is -0.490 e. The second-order valence-corrected chi connectivity index (χ2v) is 7.50. The van der Waals surface area contributed by atoms with Crippen molar-refractivity contribution in [3.8, 4) is 5.75 Å². The molecular formula is C20H21NO4S. The van der Waals surface area contributed by atoms with Gasteiger partial charge in [0.05, 0.1) is 17.4 Å². The number of carbonyl (C=O) groups is 2. The third-order valence-corrected chi connectivity index (χ3v) is 5.42. The van der Waals surface area contributed by atoms with Crippen LogP contribution in [0.5, 0.6) is 5.75 Å². The molecule has 136 valence electrons. The van der Waals surface area contributed by atoms with Crippen LogP contribution in [0.1, 0.15) is 36.3 Å². The van der Waals surface area contributed by atoms with E-state index in [2.05, 4.69) is 11.9 Å². The molecular weight excluding hydrogens is 350 g/mol. The van der Waals surface area contributed by atoms with Gasteiger partial charge in [0.2, 0.25) is 0 Å². The lowest BCUT2D eigenvalue weighted by Crippen LogP contribution is -2.13. The first kappa shape index (κ1) is 18.6. The molecule has 1 fully saturated rings. The van der Waals surface area contributed by atoms with Crippen LogP contribution in [0.4, 0.5) is 0 Å². The number of hydrogen-bond acceptors (Lipinski definition) is 6. The Labute approximate surface area is 156 Å². The molecule has 0 bridgehead atoms. The van der Waals surface area contributed by atoms with Gasteiger partial charge < -0.3 is 9.84 Å². The number of Topliss-reactive ketones (excluding diaryl/α,β-unsaturated/α-hetero) is 1. The van der Waals surface area contributed by atoms with Crippen LogP contribution in [0, 0.1) is 0 Å². The first-order valence-corrected chi connectivity index (χ1v) is 9.50. The molecule has 0 aliphatic carbocycles. The molecule has 1 aromatic carbocycles. The first-order chi connectivity index (χ1) is 12.5. The molecule has 2 unspecified atom stereocenters. The molecule has 2 heterocycles. The number of ketones is 1. The Morgan fingerprint density at radius 3 is 2.50 bits per heavy atom. The van der Waals surface area contributed by atoms with Gasteiger partial charge in [-0.05, 0) is 42.2 Å². The molecule has 6 heteroatoms. The van der Waals surface area contributed by atoms with Gasteiger partial charge in [-0.15, -0.1) is 0 Å². The molecule has 1 aliphatic rings. The number of ether oxygens (including phenoxy) is 1. The largest absolute Gasteiger partial charge is 0.490 e. The Kier molecular flexibility index (Phi) is 6.06. The molecule has 3 rings (SSSR count). The third-order valence-electron chi connectivity index (χ3n) is 4.30. The molecule has 1 N–H and O–H groups in total. The highest BCUT2D eigenvalue weighted by atomic mass is 32.2. The van der Waals surface area contributed by atoms with Gasteiger partial charge in [-0.3, -0.25) is 14.6 Å². The minimum atomic E-state index is -0.792. The van der Waals surface area contributed by atoms with Crippen molar-refractivity contribution in [3.63, 3.8) is 0 Å². The highest BCUT2D eigenvalue weighted by Gasteiger charge is 2.31. The van der Waals surface area contributed by atoms with Crippen molar-refractivity contribution < 1.29 is 19.4 Å². The Morgan fingerprint density at radius 2 is 1.92 bits per heavy atom. The lowest BCUT2D eigenvalue weighted by atomic mass is 10.1. The summed E-state index contributed by atoms with van der Waals surface area (Å²) in [4.78, 5) is 27.3. The van der Waals surface area contributed by atoms with Crippen molar-refractivity contribution in [1.29, 1.82) is 0 Å². The van der Waals surface area contributed by atoms with E-state index in [0.29, 0.717) is 17.9 Å². The molecule has 1 saturated heterocycles. The Bertz CT molecular complexity index is 773. The van der Waals surface area contributed by atoms with Gasteiger partial charge in [-0.1, -0.05) is 36.9 Å². The van der Waals surface area contributed by atoms with Crippen LogP contribution < -0.4 is 4.74 Å². The fourth-order valence-electron chi connectivity index (χ4n) is 2.72. The fraction of sp³-hybridized carbons (Fsp3) is 0.350. The summed E-state index contributed by atoms with van der Waals surface area (Å²) >= 11 is 1.13. The van der Waals surface area contributed by atoms with E-state index in [9.17, 15) is 14.7 Å². The summed E-state index contributed by atoms with van der Waals surface area (Å²) in [6.45, 7) is 2.17. The van der Waals surface area contributed by atoms with E-state index in [0.717, 1.165) is 29.3 Å². The SMILES string of the molecule is CCc1ccc(C(O)COc2ccc(CC3SC(=O)CC3=O)cc2)nc1. The van der Waals surface area contributed by atoms with Gasteiger partial charge in [0.25, 0.3) is 0 Å². The quantitative estimate of drug-likeness (QED) is 0.754.